The van der Waals surface area contributed by atoms with Crippen molar-refractivity contribution in [3.63, 3.8) is 0 Å². The van der Waals surface area contributed by atoms with E-state index in [2.05, 4.69) is 61.3 Å². The zero-order valence-electron chi connectivity index (χ0n) is 12.9. The van der Waals surface area contributed by atoms with E-state index in [1.165, 1.54) is 44.5 Å². The molecule has 0 amide bonds. The van der Waals surface area contributed by atoms with Crippen LogP contribution in [-0.4, -0.2) is 37.1 Å². The normalized spacial score (nSPS) is 12.8. The highest BCUT2D eigenvalue weighted by Gasteiger charge is 2.03. The second-order valence-electron chi connectivity index (χ2n) is 5.26. The van der Waals surface area contributed by atoms with Crippen molar-refractivity contribution >= 4 is 0 Å². The van der Waals surface area contributed by atoms with Crippen LogP contribution in [0.25, 0.3) is 0 Å². The summed E-state index contributed by atoms with van der Waals surface area (Å²) in [5, 5.41) is 3.63. The molecule has 1 atom stereocenters. The molecule has 0 aliphatic rings. The Morgan fingerprint density at radius 2 is 1.79 bits per heavy atom. The molecule has 19 heavy (non-hydrogen) atoms. The molecular formula is C17H30N2. The van der Waals surface area contributed by atoms with Crippen molar-refractivity contribution in [2.24, 2.45) is 0 Å². The number of nitrogens with zero attached hydrogens (tertiary/aromatic N) is 1. The lowest BCUT2D eigenvalue weighted by Gasteiger charge is -2.19. The molecule has 2 nitrogen and oxygen atoms in total. The molecule has 1 N–H and O–H groups in total. The molecule has 1 aromatic carbocycles. The molecule has 1 rings (SSSR count). The smallest absolute Gasteiger partial charge is 0.00419 e. The molecule has 0 spiro atoms. The van der Waals surface area contributed by atoms with Crippen molar-refractivity contribution < 1.29 is 0 Å². The summed E-state index contributed by atoms with van der Waals surface area (Å²) in [7, 11) is 0. The number of nitrogens with one attached hydrogen (secondary N) is 1. The van der Waals surface area contributed by atoms with Crippen molar-refractivity contribution in [2.75, 3.05) is 26.2 Å². The van der Waals surface area contributed by atoms with Crippen LogP contribution in [0.15, 0.2) is 30.3 Å². The predicted molar refractivity (Wildman–Crippen MR) is 84.6 cm³/mol. The molecule has 1 aromatic rings. The molecule has 0 saturated heterocycles. The van der Waals surface area contributed by atoms with Crippen LogP contribution in [0.1, 0.15) is 39.2 Å². The summed E-state index contributed by atoms with van der Waals surface area (Å²) in [6, 6.07) is 11.4. The minimum absolute atomic E-state index is 0.608. The Morgan fingerprint density at radius 1 is 1.11 bits per heavy atom. The molecule has 0 fully saturated rings. The van der Waals surface area contributed by atoms with Gasteiger partial charge in [-0.1, -0.05) is 44.2 Å². The SMILES string of the molecule is CCN(CC)CCCNC(C)CCc1ccccc1. The van der Waals surface area contributed by atoms with E-state index < -0.39 is 0 Å². The highest BCUT2D eigenvalue weighted by atomic mass is 15.1. The molecule has 0 bridgehead atoms. The van der Waals surface area contributed by atoms with Gasteiger partial charge in [0, 0.05) is 6.04 Å². The summed E-state index contributed by atoms with van der Waals surface area (Å²) in [6.07, 6.45) is 3.64. The van der Waals surface area contributed by atoms with Crippen molar-refractivity contribution in [3.05, 3.63) is 35.9 Å². The highest BCUT2D eigenvalue weighted by Crippen LogP contribution is 2.04. The second kappa shape index (κ2) is 9.99. The monoisotopic (exact) mass is 262 g/mol. The van der Waals surface area contributed by atoms with Crippen LogP contribution in [0.3, 0.4) is 0 Å². The Bertz CT molecular complexity index is 306. The Kier molecular flexibility index (Phi) is 8.52. The summed E-state index contributed by atoms with van der Waals surface area (Å²) in [4.78, 5) is 2.48. The average molecular weight is 262 g/mol. The molecule has 2 heteroatoms. The maximum absolute atomic E-state index is 3.63. The number of rotatable bonds is 10. The van der Waals surface area contributed by atoms with Gasteiger partial charge in [-0.05, 0) is 57.9 Å². The number of hydrogen-bond acceptors (Lipinski definition) is 2. The number of aryl methyl sites for hydroxylation is 1. The van der Waals surface area contributed by atoms with E-state index in [-0.39, 0.29) is 0 Å². The van der Waals surface area contributed by atoms with Crippen LogP contribution < -0.4 is 5.32 Å². The van der Waals surface area contributed by atoms with E-state index in [1.807, 2.05) is 0 Å². The van der Waals surface area contributed by atoms with E-state index in [9.17, 15) is 0 Å². The summed E-state index contributed by atoms with van der Waals surface area (Å²) in [5.74, 6) is 0. The highest BCUT2D eigenvalue weighted by molar-refractivity contribution is 5.14. The Balaban J connectivity index is 2.06. The van der Waals surface area contributed by atoms with Gasteiger partial charge in [-0.25, -0.2) is 0 Å². The zero-order chi connectivity index (χ0) is 13.9. The van der Waals surface area contributed by atoms with E-state index >= 15 is 0 Å². The lowest BCUT2D eigenvalue weighted by atomic mass is 10.1. The fraction of sp³-hybridized carbons (Fsp3) is 0.647. The molecule has 0 radical (unpaired) electrons. The summed E-state index contributed by atoms with van der Waals surface area (Å²) < 4.78 is 0. The molecule has 0 aliphatic heterocycles. The number of hydrogen-bond donors (Lipinski definition) is 1. The second-order valence-corrected chi connectivity index (χ2v) is 5.26. The third-order valence-corrected chi connectivity index (χ3v) is 3.75. The van der Waals surface area contributed by atoms with Gasteiger partial charge in [-0.15, -0.1) is 0 Å². The van der Waals surface area contributed by atoms with Gasteiger partial charge >= 0.3 is 0 Å². The average Bonchev–Trinajstić information content (AvgIpc) is 2.46. The third-order valence-electron chi connectivity index (χ3n) is 3.75. The molecule has 0 aliphatic carbocycles. The maximum Gasteiger partial charge on any atom is 0.00419 e. The summed E-state index contributed by atoms with van der Waals surface area (Å²) in [5.41, 5.74) is 1.44. The van der Waals surface area contributed by atoms with Crippen LogP contribution in [0.5, 0.6) is 0 Å². The van der Waals surface area contributed by atoms with Gasteiger partial charge in [0.2, 0.25) is 0 Å². The van der Waals surface area contributed by atoms with E-state index in [1.54, 1.807) is 0 Å². The van der Waals surface area contributed by atoms with Gasteiger partial charge in [-0.3, -0.25) is 0 Å². The first-order valence-electron chi connectivity index (χ1n) is 7.75. The number of benzene rings is 1. The Hall–Kier alpha value is -0.860. The zero-order valence-corrected chi connectivity index (χ0v) is 12.9. The lowest BCUT2D eigenvalue weighted by molar-refractivity contribution is 0.295. The lowest BCUT2D eigenvalue weighted by Crippen LogP contribution is -2.31. The quantitative estimate of drug-likeness (QED) is 0.651. The van der Waals surface area contributed by atoms with Gasteiger partial charge < -0.3 is 10.2 Å². The fourth-order valence-electron chi connectivity index (χ4n) is 2.32. The Labute approximate surface area is 119 Å². The van der Waals surface area contributed by atoms with Gasteiger partial charge in [0.25, 0.3) is 0 Å². The topological polar surface area (TPSA) is 15.3 Å². The van der Waals surface area contributed by atoms with Gasteiger partial charge in [0.15, 0.2) is 0 Å². The van der Waals surface area contributed by atoms with Crippen LogP contribution in [0.4, 0.5) is 0 Å². The standard InChI is InChI=1S/C17H30N2/c1-4-19(5-2)15-9-14-18-16(3)12-13-17-10-7-6-8-11-17/h6-8,10-11,16,18H,4-5,9,12-15H2,1-3H3. The van der Waals surface area contributed by atoms with Crippen molar-refractivity contribution in [1.82, 2.24) is 10.2 Å². The van der Waals surface area contributed by atoms with Crippen LogP contribution in [0, 0.1) is 0 Å². The first-order valence-corrected chi connectivity index (χ1v) is 7.75. The minimum atomic E-state index is 0.608. The fourth-order valence-corrected chi connectivity index (χ4v) is 2.32. The minimum Gasteiger partial charge on any atom is -0.314 e. The van der Waals surface area contributed by atoms with Gasteiger partial charge in [0.05, 0.1) is 0 Å². The molecular weight excluding hydrogens is 232 g/mol. The molecule has 0 aromatic heterocycles. The predicted octanol–water partition coefficient (Wildman–Crippen LogP) is 3.33. The molecule has 1 unspecified atom stereocenters. The van der Waals surface area contributed by atoms with E-state index in [4.69, 9.17) is 0 Å². The molecule has 0 saturated carbocycles. The Morgan fingerprint density at radius 3 is 2.42 bits per heavy atom. The van der Waals surface area contributed by atoms with Crippen molar-refractivity contribution in [2.45, 2.75) is 46.1 Å². The maximum atomic E-state index is 3.63. The largest absolute Gasteiger partial charge is 0.314 e. The van der Waals surface area contributed by atoms with Crippen LogP contribution in [-0.2, 0) is 6.42 Å². The van der Waals surface area contributed by atoms with Crippen LogP contribution >= 0.6 is 0 Å². The third kappa shape index (κ3) is 7.34. The van der Waals surface area contributed by atoms with E-state index in [0.29, 0.717) is 6.04 Å². The van der Waals surface area contributed by atoms with Gasteiger partial charge in [0.1, 0.15) is 0 Å². The van der Waals surface area contributed by atoms with Crippen molar-refractivity contribution in [3.8, 4) is 0 Å². The summed E-state index contributed by atoms with van der Waals surface area (Å²) in [6.45, 7) is 11.4. The summed E-state index contributed by atoms with van der Waals surface area (Å²) >= 11 is 0. The van der Waals surface area contributed by atoms with Crippen molar-refractivity contribution in [1.29, 1.82) is 0 Å². The first-order chi connectivity index (χ1) is 9.26. The van der Waals surface area contributed by atoms with Gasteiger partial charge in [-0.2, -0.15) is 0 Å². The first kappa shape index (κ1) is 16.2. The van der Waals surface area contributed by atoms with E-state index in [0.717, 1.165) is 6.54 Å². The molecule has 108 valence electrons. The molecule has 0 heterocycles. The van der Waals surface area contributed by atoms with Crippen LogP contribution in [0.2, 0.25) is 0 Å².